The van der Waals surface area contributed by atoms with E-state index in [4.69, 9.17) is 9.47 Å². The lowest BCUT2D eigenvalue weighted by Gasteiger charge is -2.15. The molecule has 0 spiro atoms. The van der Waals surface area contributed by atoms with Gasteiger partial charge in [-0.2, -0.15) is 0 Å². The highest BCUT2D eigenvalue weighted by Gasteiger charge is 2.24. The Balaban J connectivity index is 2.20. The summed E-state index contributed by atoms with van der Waals surface area (Å²) >= 11 is 0. The molecule has 10 heteroatoms. The number of nitro groups is 1. The summed E-state index contributed by atoms with van der Waals surface area (Å²) in [5.41, 5.74) is -0.462. The summed E-state index contributed by atoms with van der Waals surface area (Å²) < 4.78 is 9.90. The highest BCUT2D eigenvalue weighted by atomic mass is 16.6. The lowest BCUT2D eigenvalue weighted by Crippen LogP contribution is -2.30. The number of non-ortho nitro benzene ring substituents is 1. The molecule has 0 radical (unpaired) electrons. The second-order valence-corrected chi connectivity index (χ2v) is 6.38. The summed E-state index contributed by atoms with van der Waals surface area (Å²) in [5, 5.41) is 13.6. The molecule has 0 aliphatic carbocycles. The molecule has 0 aliphatic heterocycles. The third kappa shape index (κ3) is 5.95. The first-order chi connectivity index (χ1) is 14.6. The number of ether oxygens (including phenoxy) is 2. The van der Waals surface area contributed by atoms with Gasteiger partial charge in [0.05, 0.1) is 28.3 Å². The largest absolute Gasteiger partial charge is 0.462 e. The Morgan fingerprint density at radius 1 is 1.06 bits per heavy atom. The van der Waals surface area contributed by atoms with E-state index in [1.807, 2.05) is 0 Å². The van der Waals surface area contributed by atoms with E-state index in [2.05, 4.69) is 5.32 Å². The number of Topliss-reactive ketones (excluding diaryl/α,β-unsaturated/α-hetero) is 1. The van der Waals surface area contributed by atoms with Crippen molar-refractivity contribution in [1.82, 2.24) is 0 Å². The quantitative estimate of drug-likeness (QED) is 0.292. The minimum atomic E-state index is -1.29. The number of nitrogens with one attached hydrogen (secondary N) is 1. The van der Waals surface area contributed by atoms with Crippen molar-refractivity contribution in [2.24, 2.45) is 0 Å². The number of esters is 2. The number of carbonyl (C=O) groups excluding carboxylic acids is 4. The number of ketones is 1. The highest BCUT2D eigenvalue weighted by Crippen LogP contribution is 2.20. The molecule has 0 saturated heterocycles. The van der Waals surface area contributed by atoms with E-state index in [0.717, 1.165) is 18.2 Å². The summed E-state index contributed by atoms with van der Waals surface area (Å²) in [7, 11) is 0. The predicted molar refractivity (Wildman–Crippen MR) is 109 cm³/mol. The van der Waals surface area contributed by atoms with Crippen LogP contribution in [0.25, 0.3) is 0 Å². The van der Waals surface area contributed by atoms with Crippen molar-refractivity contribution in [2.75, 3.05) is 11.9 Å². The van der Waals surface area contributed by atoms with Gasteiger partial charge in [-0.1, -0.05) is 12.1 Å². The third-order valence-electron chi connectivity index (χ3n) is 4.09. The van der Waals surface area contributed by atoms with Crippen LogP contribution in [0.4, 0.5) is 11.4 Å². The van der Waals surface area contributed by atoms with Crippen molar-refractivity contribution >= 4 is 35.0 Å². The molecule has 0 aromatic heterocycles. The Morgan fingerprint density at radius 3 is 2.26 bits per heavy atom. The number of anilines is 1. The molecule has 2 aromatic carbocycles. The van der Waals surface area contributed by atoms with Gasteiger partial charge in [-0.15, -0.1) is 0 Å². The summed E-state index contributed by atoms with van der Waals surface area (Å²) in [6.45, 7) is 4.25. The number of hydrogen-bond acceptors (Lipinski definition) is 8. The normalized spacial score (nSPS) is 11.2. The molecule has 162 valence electrons. The highest BCUT2D eigenvalue weighted by molar-refractivity contribution is 6.05. The summed E-state index contributed by atoms with van der Waals surface area (Å²) in [5.74, 6) is -2.86. The summed E-state index contributed by atoms with van der Waals surface area (Å²) in [4.78, 5) is 58.8. The first-order valence-electron chi connectivity index (χ1n) is 9.22. The van der Waals surface area contributed by atoms with Gasteiger partial charge in [-0.25, -0.2) is 9.59 Å². The van der Waals surface area contributed by atoms with E-state index in [1.165, 1.54) is 26.0 Å². The van der Waals surface area contributed by atoms with Gasteiger partial charge in [-0.3, -0.25) is 19.7 Å². The van der Waals surface area contributed by atoms with Crippen LogP contribution in [0.15, 0.2) is 42.5 Å². The number of hydrogen-bond donors (Lipinski definition) is 1. The average molecular weight is 428 g/mol. The zero-order valence-corrected chi connectivity index (χ0v) is 17.0. The number of para-hydroxylation sites is 1. The molecule has 0 heterocycles. The Morgan fingerprint density at radius 2 is 1.68 bits per heavy atom. The second-order valence-electron chi connectivity index (χ2n) is 6.38. The van der Waals surface area contributed by atoms with Crippen LogP contribution in [0.2, 0.25) is 0 Å². The van der Waals surface area contributed by atoms with E-state index >= 15 is 0 Å². The molecule has 0 saturated carbocycles. The topological polar surface area (TPSA) is 142 Å². The molecule has 0 fully saturated rings. The minimum absolute atomic E-state index is 0.0419. The van der Waals surface area contributed by atoms with Crippen LogP contribution in [0.5, 0.6) is 0 Å². The molecule has 1 unspecified atom stereocenters. The Hall–Kier alpha value is -4.08. The number of carbonyl (C=O) groups is 4. The van der Waals surface area contributed by atoms with E-state index in [1.54, 1.807) is 19.1 Å². The number of rotatable bonds is 8. The van der Waals surface area contributed by atoms with Gasteiger partial charge in [0.25, 0.3) is 11.6 Å². The number of nitrogens with zero attached hydrogens (tertiary/aromatic N) is 1. The van der Waals surface area contributed by atoms with Crippen LogP contribution in [0, 0.1) is 10.1 Å². The number of amides is 1. The van der Waals surface area contributed by atoms with Crippen molar-refractivity contribution in [3.05, 3.63) is 69.3 Å². The number of benzene rings is 2. The molecule has 0 aliphatic rings. The lowest BCUT2D eigenvalue weighted by molar-refractivity contribution is -0.384. The third-order valence-corrected chi connectivity index (χ3v) is 4.09. The van der Waals surface area contributed by atoms with E-state index in [0.29, 0.717) is 0 Å². The molecule has 2 aromatic rings. The van der Waals surface area contributed by atoms with Crippen LogP contribution in [-0.2, 0) is 14.3 Å². The van der Waals surface area contributed by atoms with E-state index in [-0.39, 0.29) is 34.8 Å². The maximum absolute atomic E-state index is 12.5. The van der Waals surface area contributed by atoms with Crippen LogP contribution >= 0.6 is 0 Å². The average Bonchev–Trinajstić information content (AvgIpc) is 2.73. The van der Waals surface area contributed by atoms with Crippen molar-refractivity contribution < 1.29 is 33.6 Å². The van der Waals surface area contributed by atoms with Gasteiger partial charge in [-0.05, 0) is 39.0 Å². The number of nitro benzene ring substituents is 1. The fourth-order valence-corrected chi connectivity index (χ4v) is 2.58. The zero-order chi connectivity index (χ0) is 23.1. The second kappa shape index (κ2) is 10.1. The van der Waals surface area contributed by atoms with Crippen molar-refractivity contribution in [3.8, 4) is 0 Å². The minimum Gasteiger partial charge on any atom is -0.462 e. The first kappa shape index (κ1) is 23.2. The molecule has 1 amide bonds. The van der Waals surface area contributed by atoms with Crippen LogP contribution < -0.4 is 5.32 Å². The van der Waals surface area contributed by atoms with Crippen LogP contribution in [0.3, 0.4) is 0 Å². The fraction of sp³-hybridized carbons (Fsp3) is 0.238. The van der Waals surface area contributed by atoms with Gasteiger partial charge in [0.2, 0.25) is 0 Å². The summed E-state index contributed by atoms with van der Waals surface area (Å²) in [6.07, 6.45) is -1.29. The van der Waals surface area contributed by atoms with E-state index < -0.39 is 34.6 Å². The Bertz CT molecular complexity index is 1050. The maximum Gasteiger partial charge on any atom is 0.339 e. The van der Waals surface area contributed by atoms with Crippen molar-refractivity contribution in [1.29, 1.82) is 0 Å². The molecule has 0 bridgehead atoms. The van der Waals surface area contributed by atoms with Gasteiger partial charge >= 0.3 is 11.9 Å². The van der Waals surface area contributed by atoms with E-state index in [9.17, 15) is 29.3 Å². The summed E-state index contributed by atoms with van der Waals surface area (Å²) in [6, 6.07) is 9.31. The SMILES string of the molecule is CCOC(=O)c1cc(C(=O)OC(C)C(=O)Nc2ccccc2C(C)=O)cc([N+](=O)[O-])c1. The molecule has 31 heavy (non-hydrogen) atoms. The van der Waals surface area contributed by atoms with Gasteiger partial charge in [0.1, 0.15) is 0 Å². The van der Waals surface area contributed by atoms with Gasteiger partial charge in [0.15, 0.2) is 11.9 Å². The first-order valence-corrected chi connectivity index (χ1v) is 9.22. The monoisotopic (exact) mass is 428 g/mol. The maximum atomic E-state index is 12.5. The fourth-order valence-electron chi connectivity index (χ4n) is 2.58. The Labute approximate surface area is 177 Å². The standard InChI is InChI=1S/C21H20N2O8/c1-4-30-20(26)14-9-15(11-16(10-14)23(28)29)21(27)31-13(3)19(25)22-18-8-6-5-7-17(18)12(2)24/h5-11,13H,4H2,1-3H3,(H,22,25). The van der Waals surface area contributed by atoms with Crippen LogP contribution in [-0.4, -0.2) is 41.3 Å². The smallest absolute Gasteiger partial charge is 0.339 e. The van der Waals surface area contributed by atoms with Crippen molar-refractivity contribution in [3.63, 3.8) is 0 Å². The molecular weight excluding hydrogens is 408 g/mol. The molecule has 1 N–H and O–H groups in total. The van der Waals surface area contributed by atoms with Gasteiger partial charge in [0, 0.05) is 17.7 Å². The van der Waals surface area contributed by atoms with Gasteiger partial charge < -0.3 is 14.8 Å². The predicted octanol–water partition coefficient (Wildman–Crippen LogP) is 3.16. The van der Waals surface area contributed by atoms with Crippen LogP contribution in [0.1, 0.15) is 51.8 Å². The van der Waals surface area contributed by atoms with Crippen molar-refractivity contribution in [2.45, 2.75) is 26.9 Å². The molecule has 10 nitrogen and oxygen atoms in total. The lowest BCUT2D eigenvalue weighted by atomic mass is 10.1. The molecule has 1 atom stereocenters. The molecular formula is C21H20N2O8. The zero-order valence-electron chi connectivity index (χ0n) is 17.0. The molecule has 2 rings (SSSR count). The Kier molecular flexibility index (Phi) is 7.56.